The number of rotatable bonds is 5. The van der Waals surface area contributed by atoms with Crippen molar-refractivity contribution in [3.63, 3.8) is 0 Å². The molecule has 1 atom stereocenters. The fraction of sp³-hybridized carbons (Fsp3) is 0.438. The summed E-state index contributed by atoms with van der Waals surface area (Å²) in [5.74, 6) is 0.366. The van der Waals surface area contributed by atoms with Crippen LogP contribution in [0.1, 0.15) is 36.0 Å². The third kappa shape index (κ3) is 3.71. The van der Waals surface area contributed by atoms with Crippen LogP contribution in [-0.2, 0) is 9.47 Å². The van der Waals surface area contributed by atoms with Gasteiger partial charge in [0.25, 0.3) is 0 Å². The van der Waals surface area contributed by atoms with Crippen LogP contribution in [0.25, 0.3) is 5.82 Å². The Morgan fingerprint density at radius 1 is 1.41 bits per heavy atom. The maximum absolute atomic E-state index is 12.0. The highest BCUT2D eigenvalue weighted by Crippen LogP contribution is 2.15. The molecule has 0 radical (unpaired) electrons. The Kier molecular flexibility index (Phi) is 4.80. The van der Waals surface area contributed by atoms with Crippen molar-refractivity contribution < 1.29 is 14.3 Å². The lowest BCUT2D eigenvalue weighted by Crippen LogP contribution is -2.21. The number of aromatic nitrogens is 3. The van der Waals surface area contributed by atoms with Gasteiger partial charge in [-0.05, 0) is 31.4 Å². The van der Waals surface area contributed by atoms with Crippen LogP contribution in [0.15, 0.2) is 37.1 Å². The van der Waals surface area contributed by atoms with Crippen LogP contribution >= 0.6 is 0 Å². The van der Waals surface area contributed by atoms with E-state index < -0.39 is 0 Å². The van der Waals surface area contributed by atoms with Crippen molar-refractivity contribution in [1.29, 1.82) is 0 Å². The largest absolute Gasteiger partial charge is 0.462 e. The normalized spacial score (nSPS) is 18.1. The van der Waals surface area contributed by atoms with Crippen molar-refractivity contribution in [2.24, 2.45) is 0 Å². The summed E-state index contributed by atoms with van der Waals surface area (Å²) in [5, 5.41) is 0. The molecule has 1 saturated heterocycles. The number of ether oxygens (including phenoxy) is 2. The Morgan fingerprint density at radius 2 is 2.36 bits per heavy atom. The minimum Gasteiger partial charge on any atom is -0.462 e. The molecule has 1 fully saturated rings. The minimum atomic E-state index is -0.347. The molecular weight excluding hydrogens is 282 g/mol. The van der Waals surface area contributed by atoms with E-state index in [-0.39, 0.29) is 12.1 Å². The third-order valence-corrected chi connectivity index (χ3v) is 3.70. The summed E-state index contributed by atoms with van der Waals surface area (Å²) >= 11 is 0. The van der Waals surface area contributed by atoms with Gasteiger partial charge in [-0.3, -0.25) is 4.57 Å². The molecule has 1 aliphatic heterocycles. The molecule has 6 heteroatoms. The van der Waals surface area contributed by atoms with Gasteiger partial charge in [0.1, 0.15) is 12.1 Å². The van der Waals surface area contributed by atoms with E-state index in [1.807, 2.05) is 0 Å². The number of hydrogen-bond acceptors (Lipinski definition) is 5. The van der Waals surface area contributed by atoms with Gasteiger partial charge in [0.2, 0.25) is 0 Å². The van der Waals surface area contributed by atoms with Gasteiger partial charge >= 0.3 is 5.97 Å². The van der Waals surface area contributed by atoms with Crippen LogP contribution in [0.5, 0.6) is 0 Å². The van der Waals surface area contributed by atoms with Gasteiger partial charge in [0.05, 0.1) is 18.3 Å². The zero-order valence-electron chi connectivity index (χ0n) is 12.4. The number of imidazole rings is 1. The van der Waals surface area contributed by atoms with Gasteiger partial charge in [-0.1, -0.05) is 0 Å². The molecule has 116 valence electrons. The number of hydrogen-bond donors (Lipinski definition) is 0. The van der Waals surface area contributed by atoms with Gasteiger partial charge in [0, 0.05) is 31.6 Å². The van der Waals surface area contributed by atoms with Gasteiger partial charge in [-0.2, -0.15) is 0 Å². The average Bonchev–Trinajstić information content (AvgIpc) is 3.10. The average molecular weight is 301 g/mol. The quantitative estimate of drug-likeness (QED) is 0.793. The van der Waals surface area contributed by atoms with Gasteiger partial charge in [-0.25, -0.2) is 14.8 Å². The fourth-order valence-electron chi connectivity index (χ4n) is 2.46. The van der Waals surface area contributed by atoms with E-state index in [9.17, 15) is 4.79 Å². The lowest BCUT2D eigenvalue weighted by molar-refractivity contribution is -0.00446. The summed E-state index contributed by atoms with van der Waals surface area (Å²) < 4.78 is 12.7. The van der Waals surface area contributed by atoms with Crippen LogP contribution in [0.3, 0.4) is 0 Å². The van der Waals surface area contributed by atoms with E-state index in [0.29, 0.717) is 18.0 Å². The summed E-state index contributed by atoms with van der Waals surface area (Å²) in [6, 6.07) is 3.48. The Balaban J connectivity index is 1.49. The third-order valence-electron chi connectivity index (χ3n) is 3.70. The van der Waals surface area contributed by atoms with Crippen LogP contribution in [0.2, 0.25) is 0 Å². The first-order valence-electron chi connectivity index (χ1n) is 7.56. The molecule has 22 heavy (non-hydrogen) atoms. The van der Waals surface area contributed by atoms with Crippen LogP contribution < -0.4 is 0 Å². The number of pyridine rings is 1. The lowest BCUT2D eigenvalue weighted by atomic mass is 10.1. The highest BCUT2D eigenvalue weighted by atomic mass is 16.5. The summed E-state index contributed by atoms with van der Waals surface area (Å²) in [5.41, 5.74) is 0.452. The van der Waals surface area contributed by atoms with E-state index in [4.69, 9.17) is 9.47 Å². The maximum atomic E-state index is 12.0. The molecule has 0 saturated carbocycles. The van der Waals surface area contributed by atoms with Crippen LogP contribution in [0.4, 0.5) is 0 Å². The number of esters is 1. The van der Waals surface area contributed by atoms with Crippen molar-refractivity contribution in [1.82, 2.24) is 14.5 Å². The summed E-state index contributed by atoms with van der Waals surface area (Å²) in [4.78, 5) is 20.2. The molecule has 0 spiro atoms. The Hall–Kier alpha value is -2.21. The molecule has 3 heterocycles. The molecule has 0 aromatic carbocycles. The fourth-order valence-corrected chi connectivity index (χ4v) is 2.46. The number of nitrogens with zero attached hydrogens (tertiary/aromatic N) is 3. The number of carbonyl (C=O) groups is 1. The molecule has 0 aliphatic carbocycles. The minimum absolute atomic E-state index is 0.225. The van der Waals surface area contributed by atoms with E-state index in [2.05, 4.69) is 9.97 Å². The van der Waals surface area contributed by atoms with Gasteiger partial charge in [-0.15, -0.1) is 0 Å². The lowest BCUT2D eigenvalue weighted by Gasteiger charge is -2.22. The van der Waals surface area contributed by atoms with E-state index >= 15 is 0 Å². The Morgan fingerprint density at radius 3 is 3.05 bits per heavy atom. The van der Waals surface area contributed by atoms with Gasteiger partial charge < -0.3 is 9.47 Å². The molecule has 0 amide bonds. The summed E-state index contributed by atoms with van der Waals surface area (Å²) in [6.45, 7) is 1.20. The predicted octanol–water partition coefficient (Wildman–Crippen LogP) is 2.38. The summed E-state index contributed by atoms with van der Waals surface area (Å²) in [6.07, 6.45) is 11.0. The molecular formula is C16H19N3O3. The predicted molar refractivity (Wildman–Crippen MR) is 79.8 cm³/mol. The highest BCUT2D eigenvalue weighted by molar-refractivity contribution is 5.89. The van der Waals surface area contributed by atoms with Crippen molar-refractivity contribution in [3.05, 3.63) is 42.6 Å². The molecule has 3 rings (SSSR count). The maximum Gasteiger partial charge on any atom is 0.339 e. The van der Waals surface area contributed by atoms with Crippen LogP contribution in [-0.4, -0.2) is 39.8 Å². The second-order valence-corrected chi connectivity index (χ2v) is 5.29. The smallest absolute Gasteiger partial charge is 0.339 e. The Labute approximate surface area is 129 Å². The molecule has 1 aliphatic rings. The number of carbonyl (C=O) groups excluding carboxylic acids is 1. The first-order valence-corrected chi connectivity index (χ1v) is 7.56. The van der Waals surface area contributed by atoms with E-state index in [0.717, 1.165) is 25.9 Å². The first kappa shape index (κ1) is 14.7. The van der Waals surface area contributed by atoms with E-state index in [1.54, 1.807) is 35.4 Å². The molecule has 6 nitrogen and oxygen atoms in total. The Bertz CT molecular complexity index is 590. The standard InChI is InChI=1S/C16H19N3O3/c20-16(22-10-6-14-3-1-2-9-21-14)13-4-5-15(18-11-13)19-8-7-17-12-19/h4-5,7-8,11-12,14H,1-3,6,9-10H2/t14-/m0/s1. The van der Waals surface area contributed by atoms with Crippen molar-refractivity contribution in [2.75, 3.05) is 13.2 Å². The topological polar surface area (TPSA) is 66.2 Å². The molecule has 0 unspecified atom stereocenters. The SMILES string of the molecule is O=C(OCC[C@@H]1CCCCO1)c1ccc(-n2ccnc2)nc1. The monoisotopic (exact) mass is 301 g/mol. The molecule has 2 aromatic rings. The van der Waals surface area contributed by atoms with Gasteiger partial charge in [0.15, 0.2) is 0 Å². The second-order valence-electron chi connectivity index (χ2n) is 5.29. The summed E-state index contributed by atoms with van der Waals surface area (Å²) in [7, 11) is 0. The molecule has 0 bridgehead atoms. The van der Waals surface area contributed by atoms with Crippen molar-refractivity contribution >= 4 is 5.97 Å². The first-order chi connectivity index (χ1) is 10.8. The van der Waals surface area contributed by atoms with Crippen molar-refractivity contribution in [3.8, 4) is 5.82 Å². The second kappa shape index (κ2) is 7.17. The molecule has 2 aromatic heterocycles. The zero-order valence-corrected chi connectivity index (χ0v) is 12.4. The molecule has 0 N–H and O–H groups in total. The highest BCUT2D eigenvalue weighted by Gasteiger charge is 2.15. The zero-order chi connectivity index (χ0) is 15.2. The van der Waals surface area contributed by atoms with Crippen molar-refractivity contribution in [2.45, 2.75) is 31.8 Å². The van der Waals surface area contributed by atoms with E-state index in [1.165, 1.54) is 12.6 Å². The van der Waals surface area contributed by atoms with Crippen LogP contribution in [0, 0.1) is 0 Å².